The molecule has 28 heavy (non-hydrogen) atoms. The molecule has 0 bridgehead atoms. The SMILES string of the molecule is COc1ccc(CNC(=O)[C@@H](NC(=O)c2ccccc2C)C(C)C)cc1OC. The molecule has 2 amide bonds. The fraction of sp³-hybridized carbons (Fsp3) is 0.364. The van der Waals surface area contributed by atoms with Gasteiger partial charge in [-0.05, 0) is 42.2 Å². The van der Waals surface area contributed by atoms with Gasteiger partial charge in [-0.15, -0.1) is 0 Å². The summed E-state index contributed by atoms with van der Waals surface area (Å²) in [4.78, 5) is 25.3. The zero-order chi connectivity index (χ0) is 20.7. The molecule has 2 aromatic rings. The molecule has 2 rings (SSSR count). The summed E-state index contributed by atoms with van der Waals surface area (Å²) in [5, 5.41) is 5.75. The van der Waals surface area contributed by atoms with Crippen molar-refractivity contribution in [3.8, 4) is 11.5 Å². The Hall–Kier alpha value is -3.02. The maximum atomic E-state index is 12.7. The van der Waals surface area contributed by atoms with Gasteiger partial charge in [0, 0.05) is 12.1 Å². The van der Waals surface area contributed by atoms with Gasteiger partial charge >= 0.3 is 0 Å². The highest BCUT2D eigenvalue weighted by molar-refractivity contribution is 5.98. The summed E-state index contributed by atoms with van der Waals surface area (Å²) in [6.45, 7) is 6.00. The van der Waals surface area contributed by atoms with Crippen LogP contribution in [0, 0.1) is 12.8 Å². The number of aryl methyl sites for hydroxylation is 1. The third-order valence-corrected chi connectivity index (χ3v) is 4.54. The molecule has 2 N–H and O–H groups in total. The molecule has 0 saturated carbocycles. The second-order valence-corrected chi connectivity index (χ2v) is 6.92. The predicted octanol–water partition coefficient (Wildman–Crippen LogP) is 3.08. The van der Waals surface area contributed by atoms with Crippen molar-refractivity contribution in [3.05, 3.63) is 59.2 Å². The van der Waals surface area contributed by atoms with E-state index in [4.69, 9.17) is 9.47 Å². The number of hydrogen-bond donors (Lipinski definition) is 2. The molecular formula is C22H28N2O4. The predicted molar refractivity (Wildman–Crippen MR) is 109 cm³/mol. The Bertz CT molecular complexity index is 833. The van der Waals surface area contributed by atoms with Crippen molar-refractivity contribution in [3.63, 3.8) is 0 Å². The van der Waals surface area contributed by atoms with Gasteiger partial charge < -0.3 is 20.1 Å². The standard InChI is InChI=1S/C22H28N2O4/c1-14(2)20(24-21(25)17-9-7-6-8-15(17)3)22(26)23-13-16-10-11-18(27-4)19(12-16)28-5/h6-12,14,20H,13H2,1-5H3,(H,23,26)(H,24,25)/t20-/m0/s1. The van der Waals surface area contributed by atoms with Crippen LogP contribution in [0.2, 0.25) is 0 Å². The summed E-state index contributed by atoms with van der Waals surface area (Å²) in [6.07, 6.45) is 0. The number of carbonyl (C=O) groups is 2. The molecule has 0 saturated heterocycles. The molecule has 0 aliphatic rings. The molecule has 0 aliphatic heterocycles. The first-order valence-electron chi connectivity index (χ1n) is 9.22. The highest BCUT2D eigenvalue weighted by Crippen LogP contribution is 2.27. The van der Waals surface area contributed by atoms with E-state index in [9.17, 15) is 9.59 Å². The zero-order valence-corrected chi connectivity index (χ0v) is 17.0. The van der Waals surface area contributed by atoms with E-state index < -0.39 is 6.04 Å². The van der Waals surface area contributed by atoms with Crippen molar-refractivity contribution < 1.29 is 19.1 Å². The van der Waals surface area contributed by atoms with Crippen LogP contribution in [0.3, 0.4) is 0 Å². The largest absolute Gasteiger partial charge is 0.493 e. The van der Waals surface area contributed by atoms with E-state index in [0.717, 1.165) is 11.1 Å². The summed E-state index contributed by atoms with van der Waals surface area (Å²) in [6, 6.07) is 12.1. The lowest BCUT2D eigenvalue weighted by Crippen LogP contribution is -2.49. The smallest absolute Gasteiger partial charge is 0.252 e. The number of hydrogen-bond acceptors (Lipinski definition) is 4. The van der Waals surface area contributed by atoms with E-state index >= 15 is 0 Å². The van der Waals surface area contributed by atoms with Crippen LogP contribution in [0.5, 0.6) is 11.5 Å². The molecule has 0 spiro atoms. The van der Waals surface area contributed by atoms with Gasteiger partial charge in [-0.2, -0.15) is 0 Å². The molecule has 0 radical (unpaired) electrons. The molecule has 6 nitrogen and oxygen atoms in total. The van der Waals surface area contributed by atoms with E-state index in [1.54, 1.807) is 26.4 Å². The van der Waals surface area contributed by atoms with Gasteiger partial charge in [0.25, 0.3) is 5.91 Å². The van der Waals surface area contributed by atoms with Gasteiger partial charge in [0.1, 0.15) is 6.04 Å². The number of carbonyl (C=O) groups excluding carboxylic acids is 2. The number of amides is 2. The van der Waals surface area contributed by atoms with Gasteiger partial charge in [-0.1, -0.05) is 38.1 Å². The van der Waals surface area contributed by atoms with E-state index in [1.807, 2.05) is 51.1 Å². The van der Waals surface area contributed by atoms with Crippen LogP contribution in [-0.4, -0.2) is 32.1 Å². The second-order valence-electron chi connectivity index (χ2n) is 6.92. The Morgan fingerprint density at radius 2 is 1.68 bits per heavy atom. The van der Waals surface area contributed by atoms with E-state index in [-0.39, 0.29) is 17.7 Å². The summed E-state index contributed by atoms with van der Waals surface area (Å²) >= 11 is 0. The Morgan fingerprint density at radius 1 is 1.00 bits per heavy atom. The lowest BCUT2D eigenvalue weighted by molar-refractivity contribution is -0.124. The first kappa shape index (κ1) is 21.3. The Kier molecular flexibility index (Phi) is 7.44. The van der Waals surface area contributed by atoms with Crippen molar-refractivity contribution >= 4 is 11.8 Å². The molecule has 0 heterocycles. The number of methoxy groups -OCH3 is 2. The first-order chi connectivity index (χ1) is 13.4. The maximum Gasteiger partial charge on any atom is 0.252 e. The number of ether oxygens (including phenoxy) is 2. The third kappa shape index (κ3) is 5.25. The van der Waals surface area contributed by atoms with Gasteiger partial charge in [-0.25, -0.2) is 0 Å². The Labute approximate surface area is 166 Å². The lowest BCUT2D eigenvalue weighted by Gasteiger charge is -2.22. The molecule has 150 valence electrons. The third-order valence-electron chi connectivity index (χ3n) is 4.54. The average molecular weight is 384 g/mol. The Morgan fingerprint density at radius 3 is 2.29 bits per heavy atom. The molecule has 0 aromatic heterocycles. The fourth-order valence-corrected chi connectivity index (χ4v) is 2.87. The van der Waals surface area contributed by atoms with Crippen molar-refractivity contribution in [1.29, 1.82) is 0 Å². The molecule has 0 unspecified atom stereocenters. The molecule has 6 heteroatoms. The minimum absolute atomic E-state index is 0.0571. The fourth-order valence-electron chi connectivity index (χ4n) is 2.87. The van der Waals surface area contributed by atoms with E-state index in [2.05, 4.69) is 10.6 Å². The first-order valence-corrected chi connectivity index (χ1v) is 9.22. The van der Waals surface area contributed by atoms with E-state index in [0.29, 0.717) is 23.6 Å². The number of nitrogens with one attached hydrogen (secondary N) is 2. The van der Waals surface area contributed by atoms with Crippen LogP contribution in [0.15, 0.2) is 42.5 Å². The van der Waals surface area contributed by atoms with Crippen LogP contribution in [0.1, 0.15) is 35.3 Å². The van der Waals surface area contributed by atoms with Crippen molar-refractivity contribution in [2.45, 2.75) is 33.4 Å². The van der Waals surface area contributed by atoms with Gasteiger partial charge in [0.2, 0.25) is 5.91 Å². The van der Waals surface area contributed by atoms with E-state index in [1.165, 1.54) is 0 Å². The monoisotopic (exact) mass is 384 g/mol. The minimum Gasteiger partial charge on any atom is -0.493 e. The molecule has 2 aromatic carbocycles. The minimum atomic E-state index is -0.632. The summed E-state index contributed by atoms with van der Waals surface area (Å²) in [5.74, 6) is 0.689. The van der Waals surface area contributed by atoms with Gasteiger partial charge in [0.05, 0.1) is 14.2 Å². The quantitative estimate of drug-likeness (QED) is 0.733. The summed E-state index contributed by atoms with van der Waals surface area (Å²) in [5.41, 5.74) is 2.31. The highest BCUT2D eigenvalue weighted by atomic mass is 16.5. The molecular weight excluding hydrogens is 356 g/mol. The topological polar surface area (TPSA) is 76.7 Å². The van der Waals surface area contributed by atoms with Crippen LogP contribution in [0.25, 0.3) is 0 Å². The normalized spacial score (nSPS) is 11.6. The van der Waals surface area contributed by atoms with Gasteiger partial charge in [0.15, 0.2) is 11.5 Å². The summed E-state index contributed by atoms with van der Waals surface area (Å²) in [7, 11) is 3.14. The van der Waals surface area contributed by atoms with Crippen LogP contribution < -0.4 is 20.1 Å². The maximum absolute atomic E-state index is 12.7. The number of benzene rings is 2. The average Bonchev–Trinajstić information content (AvgIpc) is 2.69. The van der Waals surface area contributed by atoms with Crippen molar-refractivity contribution in [2.24, 2.45) is 5.92 Å². The van der Waals surface area contributed by atoms with Crippen LogP contribution >= 0.6 is 0 Å². The van der Waals surface area contributed by atoms with Crippen LogP contribution in [-0.2, 0) is 11.3 Å². The molecule has 0 aliphatic carbocycles. The summed E-state index contributed by atoms with van der Waals surface area (Å²) < 4.78 is 10.5. The molecule has 0 fully saturated rings. The van der Waals surface area contributed by atoms with Crippen molar-refractivity contribution in [1.82, 2.24) is 10.6 Å². The Balaban J connectivity index is 2.05. The molecule has 1 atom stereocenters. The lowest BCUT2D eigenvalue weighted by atomic mass is 10.0. The zero-order valence-electron chi connectivity index (χ0n) is 17.0. The highest BCUT2D eigenvalue weighted by Gasteiger charge is 2.25. The van der Waals surface area contributed by atoms with Crippen LogP contribution in [0.4, 0.5) is 0 Å². The van der Waals surface area contributed by atoms with Crippen molar-refractivity contribution in [2.75, 3.05) is 14.2 Å². The van der Waals surface area contributed by atoms with Gasteiger partial charge in [-0.3, -0.25) is 9.59 Å². The second kappa shape index (κ2) is 9.78. The number of rotatable bonds is 8.